The van der Waals surface area contributed by atoms with Crippen molar-refractivity contribution in [3.05, 3.63) is 29.3 Å². The van der Waals surface area contributed by atoms with Crippen molar-refractivity contribution in [2.75, 3.05) is 26.3 Å². The highest BCUT2D eigenvalue weighted by molar-refractivity contribution is 6.01. The highest BCUT2D eigenvalue weighted by atomic mass is 16.5. The van der Waals surface area contributed by atoms with Crippen molar-refractivity contribution in [1.29, 1.82) is 0 Å². The van der Waals surface area contributed by atoms with Gasteiger partial charge in [-0.25, -0.2) is 15.5 Å². The Morgan fingerprint density at radius 1 is 1.22 bits per heavy atom. The molecule has 1 aromatic carbocycles. The summed E-state index contributed by atoms with van der Waals surface area (Å²) < 4.78 is 5.50. The van der Waals surface area contributed by atoms with Crippen LogP contribution in [-0.4, -0.2) is 117 Å². The van der Waals surface area contributed by atoms with E-state index >= 15 is 0 Å². The van der Waals surface area contributed by atoms with Crippen molar-refractivity contribution in [3.63, 3.8) is 0 Å². The number of phenols is 1. The predicted molar refractivity (Wildman–Crippen MR) is 159 cm³/mol. The van der Waals surface area contributed by atoms with Crippen LogP contribution in [0.4, 0.5) is 0 Å². The molecule has 2 heterocycles. The average molecular weight is 648 g/mol. The summed E-state index contributed by atoms with van der Waals surface area (Å²) in [4.78, 5) is 79.0. The van der Waals surface area contributed by atoms with Crippen molar-refractivity contribution in [3.8, 4) is 5.75 Å². The molecule has 6 N–H and O–H groups in total. The molecule has 2 aliphatic heterocycles. The molecule has 252 valence electrons. The van der Waals surface area contributed by atoms with Gasteiger partial charge in [0.2, 0.25) is 24.1 Å². The molecule has 0 radical (unpaired) electrons. The number of amides is 3. The number of benzene rings is 1. The smallest absolute Gasteiger partial charge is 0.303 e. The summed E-state index contributed by atoms with van der Waals surface area (Å²) in [5, 5.41) is 42.6. The van der Waals surface area contributed by atoms with Crippen LogP contribution >= 0.6 is 0 Å². The molecule has 46 heavy (non-hydrogen) atoms. The summed E-state index contributed by atoms with van der Waals surface area (Å²) in [7, 11) is 0. The van der Waals surface area contributed by atoms with Gasteiger partial charge in [-0.2, -0.15) is 0 Å². The van der Waals surface area contributed by atoms with Crippen molar-refractivity contribution in [1.82, 2.24) is 20.8 Å². The fourth-order valence-corrected chi connectivity index (χ4v) is 5.27. The summed E-state index contributed by atoms with van der Waals surface area (Å²) in [6.07, 6.45) is 0.651. The number of rotatable bonds is 18. The van der Waals surface area contributed by atoms with E-state index in [0.29, 0.717) is 30.0 Å². The number of phenolic OH excluding ortho intramolecular Hbond substituents is 1. The van der Waals surface area contributed by atoms with Gasteiger partial charge in [0.25, 0.3) is 0 Å². The van der Waals surface area contributed by atoms with E-state index in [-0.39, 0.29) is 69.1 Å². The zero-order valence-electron chi connectivity index (χ0n) is 25.6. The Bertz CT molecular complexity index is 1320. The van der Waals surface area contributed by atoms with Gasteiger partial charge in [-0.05, 0) is 51.2 Å². The van der Waals surface area contributed by atoms with Crippen molar-refractivity contribution in [2.45, 2.75) is 76.4 Å². The lowest BCUT2D eigenvalue weighted by molar-refractivity contribution is -0.152. The molecule has 16 nitrogen and oxygen atoms in total. The standard InChI is InChI=1S/C30H41N5O11/c1-18-9-10-24(38)20(13-18)29-33-22(16-46-29)28(43)32-21(15-36)26(40)14-19(5-4-12-34(45)17-37)30(44)35-23(6-3-11-31-35)25(39)7-2-8-27(41)42/h9-10,13,17,19,21-23,31,36,38,45H,2-8,11-12,14-16H2,1H3,(H,32,43)(H,41,42)/t19-,21-,22-,23+/m0/s1. The fourth-order valence-electron chi connectivity index (χ4n) is 5.27. The molecule has 1 fully saturated rings. The largest absolute Gasteiger partial charge is 0.507 e. The van der Waals surface area contributed by atoms with Gasteiger partial charge in [-0.3, -0.25) is 39.0 Å². The van der Waals surface area contributed by atoms with Crippen LogP contribution in [0.15, 0.2) is 23.2 Å². The monoisotopic (exact) mass is 647 g/mol. The number of hydrazine groups is 1. The summed E-state index contributed by atoms with van der Waals surface area (Å²) in [5.41, 5.74) is 4.03. The number of hydrogen-bond acceptors (Lipinski definition) is 12. The number of aliphatic imine (C=N–C) groups is 1. The highest BCUT2D eigenvalue weighted by Crippen LogP contribution is 2.24. The Balaban J connectivity index is 1.71. The van der Waals surface area contributed by atoms with Crippen molar-refractivity contribution >= 4 is 41.7 Å². The summed E-state index contributed by atoms with van der Waals surface area (Å²) in [6, 6.07) is 1.45. The zero-order chi connectivity index (χ0) is 33.8. The van der Waals surface area contributed by atoms with Crippen LogP contribution in [0, 0.1) is 12.8 Å². The fraction of sp³-hybridized carbons (Fsp3) is 0.567. The highest BCUT2D eigenvalue weighted by Gasteiger charge is 2.38. The molecule has 1 saturated heterocycles. The number of carbonyl (C=O) groups excluding carboxylic acids is 5. The van der Waals surface area contributed by atoms with Crippen LogP contribution < -0.4 is 10.7 Å². The average Bonchev–Trinajstić information content (AvgIpc) is 3.53. The van der Waals surface area contributed by atoms with Gasteiger partial charge in [0.15, 0.2) is 17.6 Å². The number of aliphatic hydroxyl groups excluding tert-OH is 1. The number of aromatic hydroxyl groups is 1. The molecule has 1 aromatic rings. The van der Waals surface area contributed by atoms with Gasteiger partial charge >= 0.3 is 5.97 Å². The Labute approximate surface area is 265 Å². The second kappa shape index (κ2) is 17.3. The number of ether oxygens (including phenoxy) is 1. The van der Waals surface area contributed by atoms with Crippen LogP contribution in [0.2, 0.25) is 0 Å². The number of Topliss-reactive ketones (excluding diaryl/α,β-unsaturated/α-hetero) is 2. The number of aliphatic carboxylic acids is 1. The normalized spacial score (nSPS) is 18.9. The van der Waals surface area contributed by atoms with E-state index in [4.69, 9.17) is 9.84 Å². The van der Waals surface area contributed by atoms with E-state index in [0.717, 1.165) is 5.56 Å². The van der Waals surface area contributed by atoms with Gasteiger partial charge in [-0.15, -0.1) is 0 Å². The number of aryl methyl sites for hydroxylation is 1. The SMILES string of the molecule is Cc1ccc(O)c(C2=N[C@H](C(=O)N[C@@H](CO)C(=O)C[C@H](CCCN(O)C=O)C(=O)N3NCCC[C@@H]3C(=O)CCCC(=O)O)CO2)c1. The third-order valence-electron chi connectivity index (χ3n) is 7.75. The van der Waals surface area contributed by atoms with Crippen LogP contribution in [-0.2, 0) is 33.5 Å². The molecule has 0 spiro atoms. The number of hydrogen-bond donors (Lipinski definition) is 6. The lowest BCUT2D eigenvalue weighted by atomic mass is 9.91. The quantitative estimate of drug-likeness (QED) is 0.0693. The molecular formula is C30H41N5O11. The third kappa shape index (κ3) is 10.1. The Kier molecular flexibility index (Phi) is 13.6. The first-order chi connectivity index (χ1) is 21.9. The van der Waals surface area contributed by atoms with Gasteiger partial charge in [-0.1, -0.05) is 11.6 Å². The van der Waals surface area contributed by atoms with Gasteiger partial charge < -0.3 is 25.4 Å². The van der Waals surface area contributed by atoms with E-state index in [1.54, 1.807) is 12.1 Å². The number of carboxylic acid groups (broad SMARTS) is 1. The first kappa shape index (κ1) is 36.1. The molecule has 4 atom stereocenters. The molecule has 2 aliphatic rings. The molecular weight excluding hydrogens is 606 g/mol. The predicted octanol–water partition coefficient (Wildman–Crippen LogP) is -0.154. The minimum Gasteiger partial charge on any atom is -0.507 e. The Hall–Kier alpha value is -4.41. The number of carbonyl (C=O) groups is 6. The molecule has 16 heteroatoms. The number of carboxylic acids is 1. The van der Waals surface area contributed by atoms with Crippen molar-refractivity contribution < 1.29 is 54.0 Å². The Morgan fingerprint density at radius 2 is 1.98 bits per heavy atom. The molecule has 0 saturated carbocycles. The molecule has 0 aliphatic carbocycles. The molecule has 0 aromatic heterocycles. The maximum atomic E-state index is 13.8. The van der Waals surface area contributed by atoms with E-state index in [1.807, 2.05) is 6.92 Å². The van der Waals surface area contributed by atoms with E-state index < -0.39 is 60.6 Å². The lowest BCUT2D eigenvalue weighted by Gasteiger charge is -2.37. The maximum Gasteiger partial charge on any atom is 0.303 e. The van der Waals surface area contributed by atoms with Gasteiger partial charge in [0.05, 0.1) is 12.2 Å². The van der Waals surface area contributed by atoms with Crippen LogP contribution in [0.3, 0.4) is 0 Å². The molecule has 0 unspecified atom stereocenters. The minimum atomic E-state index is -1.40. The number of aliphatic hydroxyl groups is 1. The van der Waals surface area contributed by atoms with Gasteiger partial charge in [0, 0.05) is 38.3 Å². The first-order valence-corrected chi connectivity index (χ1v) is 15.1. The Morgan fingerprint density at radius 3 is 2.67 bits per heavy atom. The summed E-state index contributed by atoms with van der Waals surface area (Å²) >= 11 is 0. The van der Waals surface area contributed by atoms with Crippen LogP contribution in [0.5, 0.6) is 5.75 Å². The maximum absolute atomic E-state index is 13.8. The summed E-state index contributed by atoms with van der Waals surface area (Å²) in [5.74, 6) is -4.45. The van der Waals surface area contributed by atoms with Crippen LogP contribution in [0.25, 0.3) is 0 Å². The minimum absolute atomic E-state index is 0.0176. The molecule has 0 bridgehead atoms. The van der Waals surface area contributed by atoms with E-state index in [2.05, 4.69) is 15.7 Å². The molecule has 3 amide bonds. The van der Waals surface area contributed by atoms with Crippen molar-refractivity contribution in [2.24, 2.45) is 10.9 Å². The van der Waals surface area contributed by atoms with E-state index in [9.17, 15) is 44.2 Å². The van der Waals surface area contributed by atoms with Crippen LogP contribution in [0.1, 0.15) is 62.5 Å². The second-order valence-corrected chi connectivity index (χ2v) is 11.3. The summed E-state index contributed by atoms with van der Waals surface area (Å²) in [6.45, 7) is 1.10. The van der Waals surface area contributed by atoms with Gasteiger partial charge in [0.1, 0.15) is 24.4 Å². The number of hydroxylamine groups is 2. The zero-order valence-corrected chi connectivity index (χ0v) is 25.6. The molecule has 3 rings (SSSR count). The number of nitrogens with one attached hydrogen (secondary N) is 2. The topological polar surface area (TPSA) is 235 Å². The lowest BCUT2D eigenvalue weighted by Crippen LogP contribution is -2.58. The second-order valence-electron chi connectivity index (χ2n) is 11.3. The number of ketones is 2. The third-order valence-corrected chi connectivity index (χ3v) is 7.75. The first-order valence-electron chi connectivity index (χ1n) is 15.1. The van der Waals surface area contributed by atoms with E-state index in [1.165, 1.54) is 11.1 Å². The number of nitrogens with zero attached hydrogens (tertiary/aromatic N) is 3.